The van der Waals surface area contributed by atoms with E-state index in [1.54, 1.807) is 0 Å². The van der Waals surface area contributed by atoms with Crippen molar-refractivity contribution in [2.75, 3.05) is 25.0 Å². The van der Waals surface area contributed by atoms with E-state index < -0.39 is 0 Å². The maximum atomic E-state index is 6.07. The first-order chi connectivity index (χ1) is 7.35. The predicted molar refractivity (Wildman–Crippen MR) is 73.3 cm³/mol. The second-order valence-corrected chi connectivity index (χ2v) is 6.87. The molecule has 0 amide bonds. The van der Waals surface area contributed by atoms with E-state index in [2.05, 4.69) is 48.5 Å². The molecule has 0 saturated carbocycles. The minimum Gasteiger partial charge on any atom is -0.367 e. The Morgan fingerprint density at radius 2 is 1.56 bits per heavy atom. The van der Waals surface area contributed by atoms with Crippen molar-refractivity contribution in [2.45, 2.75) is 58.2 Å². The van der Waals surface area contributed by atoms with Crippen LogP contribution in [-0.4, -0.2) is 41.1 Å². The maximum Gasteiger partial charge on any atom is 0.0760 e. The molecule has 96 valence electrons. The van der Waals surface area contributed by atoms with E-state index in [0.717, 1.165) is 18.4 Å². The monoisotopic (exact) mass is 291 g/mol. The van der Waals surface area contributed by atoms with E-state index in [0.29, 0.717) is 0 Å². The molecule has 0 bridgehead atoms. The van der Waals surface area contributed by atoms with Crippen LogP contribution in [0.2, 0.25) is 0 Å². The third-order valence-electron chi connectivity index (χ3n) is 2.87. The first kappa shape index (κ1) is 14.5. The fourth-order valence-electron chi connectivity index (χ4n) is 2.71. The van der Waals surface area contributed by atoms with Crippen molar-refractivity contribution in [3.63, 3.8) is 0 Å². The molecule has 1 rings (SSSR count). The first-order valence-electron chi connectivity index (χ1n) is 6.33. The Morgan fingerprint density at radius 3 is 2.06 bits per heavy atom. The Balaban J connectivity index is 2.36. The number of ether oxygens (including phenoxy) is 1. The molecule has 0 aromatic carbocycles. The lowest BCUT2D eigenvalue weighted by atomic mass is 9.98. The number of morpholine rings is 1. The predicted octanol–water partition coefficient (Wildman–Crippen LogP) is 3.44. The molecule has 0 atom stereocenters. The van der Waals surface area contributed by atoms with Gasteiger partial charge in [0.2, 0.25) is 0 Å². The van der Waals surface area contributed by atoms with E-state index >= 15 is 0 Å². The van der Waals surface area contributed by atoms with Gasteiger partial charge in [-0.2, -0.15) is 0 Å². The third kappa shape index (κ3) is 5.15. The Hall–Kier alpha value is 0.400. The van der Waals surface area contributed by atoms with Crippen molar-refractivity contribution in [3.05, 3.63) is 0 Å². The molecule has 1 saturated heterocycles. The zero-order chi connectivity index (χ0) is 12.2. The molecule has 1 heterocycles. The van der Waals surface area contributed by atoms with E-state index in [4.69, 9.17) is 4.74 Å². The number of unbranched alkanes of at least 4 members (excludes halogenated alkanes) is 2. The van der Waals surface area contributed by atoms with Gasteiger partial charge < -0.3 is 4.74 Å². The van der Waals surface area contributed by atoms with Crippen LogP contribution in [0.1, 0.15) is 47.0 Å². The highest BCUT2D eigenvalue weighted by Gasteiger charge is 2.37. The molecule has 1 fully saturated rings. The van der Waals surface area contributed by atoms with Gasteiger partial charge in [-0.05, 0) is 47.1 Å². The summed E-state index contributed by atoms with van der Waals surface area (Å²) in [4.78, 5) is 2.55. The van der Waals surface area contributed by atoms with E-state index in [9.17, 15) is 0 Å². The lowest BCUT2D eigenvalue weighted by molar-refractivity contribution is -0.180. The second kappa shape index (κ2) is 5.83. The normalized spacial score (nSPS) is 24.6. The van der Waals surface area contributed by atoms with Crippen molar-refractivity contribution in [3.8, 4) is 0 Å². The average molecular weight is 292 g/mol. The summed E-state index contributed by atoms with van der Waals surface area (Å²) in [6.07, 6.45) is 3.92. The summed E-state index contributed by atoms with van der Waals surface area (Å²) in [7, 11) is 0. The summed E-state index contributed by atoms with van der Waals surface area (Å²) < 4.78 is 6.07. The number of nitrogens with zero attached hydrogens (tertiary/aromatic N) is 1. The quantitative estimate of drug-likeness (QED) is 0.568. The molecule has 1 aliphatic rings. The molecule has 0 unspecified atom stereocenters. The lowest BCUT2D eigenvalue weighted by Gasteiger charge is -2.47. The maximum absolute atomic E-state index is 6.07. The summed E-state index contributed by atoms with van der Waals surface area (Å²) in [5.74, 6) is 0. The summed E-state index contributed by atoms with van der Waals surface area (Å²) >= 11 is 3.48. The molecule has 3 heteroatoms. The molecule has 0 aromatic heterocycles. The first-order valence-corrected chi connectivity index (χ1v) is 7.45. The Labute approximate surface area is 109 Å². The number of rotatable bonds is 5. The minimum absolute atomic E-state index is 0.00280. The molecule has 16 heavy (non-hydrogen) atoms. The zero-order valence-electron chi connectivity index (χ0n) is 11.2. The fourth-order valence-corrected chi connectivity index (χ4v) is 3.11. The van der Waals surface area contributed by atoms with Crippen LogP contribution in [0, 0.1) is 0 Å². The summed E-state index contributed by atoms with van der Waals surface area (Å²) in [5.41, 5.74) is -0.00561. The standard InChI is InChI=1S/C13H26BrNO/c1-12(2)10-15(9-7-5-6-8-14)11-13(3,4)16-12/h5-11H2,1-4H3. The average Bonchev–Trinajstić information content (AvgIpc) is 2.07. The smallest absolute Gasteiger partial charge is 0.0760 e. The fraction of sp³-hybridized carbons (Fsp3) is 1.00. The summed E-state index contributed by atoms with van der Waals surface area (Å²) in [6, 6.07) is 0. The molecular weight excluding hydrogens is 266 g/mol. The molecule has 0 N–H and O–H groups in total. The van der Waals surface area contributed by atoms with Gasteiger partial charge in [-0.3, -0.25) is 4.90 Å². The highest BCUT2D eigenvalue weighted by molar-refractivity contribution is 9.09. The van der Waals surface area contributed by atoms with Crippen molar-refractivity contribution < 1.29 is 4.74 Å². The van der Waals surface area contributed by atoms with E-state index in [-0.39, 0.29) is 11.2 Å². The number of hydrogen-bond acceptors (Lipinski definition) is 2. The van der Waals surface area contributed by atoms with E-state index in [1.165, 1.54) is 25.8 Å². The second-order valence-electron chi connectivity index (χ2n) is 6.08. The van der Waals surface area contributed by atoms with Gasteiger partial charge in [-0.15, -0.1) is 0 Å². The van der Waals surface area contributed by atoms with Crippen molar-refractivity contribution >= 4 is 15.9 Å². The molecule has 0 aliphatic carbocycles. The Bertz CT molecular complexity index is 200. The van der Waals surface area contributed by atoms with Crippen LogP contribution in [0.25, 0.3) is 0 Å². The largest absolute Gasteiger partial charge is 0.367 e. The van der Waals surface area contributed by atoms with Gasteiger partial charge in [0.05, 0.1) is 11.2 Å². The van der Waals surface area contributed by atoms with Crippen LogP contribution in [0.5, 0.6) is 0 Å². The van der Waals surface area contributed by atoms with Crippen LogP contribution in [0.15, 0.2) is 0 Å². The van der Waals surface area contributed by atoms with Gasteiger partial charge in [-0.1, -0.05) is 22.4 Å². The minimum atomic E-state index is -0.00280. The van der Waals surface area contributed by atoms with Gasteiger partial charge in [-0.25, -0.2) is 0 Å². The molecule has 1 aliphatic heterocycles. The third-order valence-corrected chi connectivity index (χ3v) is 3.43. The Kier molecular flexibility index (Phi) is 5.27. The van der Waals surface area contributed by atoms with Crippen LogP contribution in [0.4, 0.5) is 0 Å². The Morgan fingerprint density at radius 1 is 1.00 bits per heavy atom. The van der Waals surface area contributed by atoms with Gasteiger partial charge in [0.1, 0.15) is 0 Å². The van der Waals surface area contributed by atoms with Crippen molar-refractivity contribution in [1.29, 1.82) is 0 Å². The van der Waals surface area contributed by atoms with Crippen LogP contribution < -0.4 is 0 Å². The van der Waals surface area contributed by atoms with Gasteiger partial charge in [0, 0.05) is 18.4 Å². The van der Waals surface area contributed by atoms with Gasteiger partial charge >= 0.3 is 0 Å². The van der Waals surface area contributed by atoms with Crippen LogP contribution >= 0.6 is 15.9 Å². The highest BCUT2D eigenvalue weighted by Crippen LogP contribution is 2.28. The van der Waals surface area contributed by atoms with Crippen molar-refractivity contribution in [1.82, 2.24) is 4.90 Å². The number of alkyl halides is 1. The SMILES string of the molecule is CC1(C)CN(CCCCCBr)CC(C)(C)O1. The van der Waals surface area contributed by atoms with Gasteiger partial charge in [0.25, 0.3) is 0 Å². The van der Waals surface area contributed by atoms with Gasteiger partial charge in [0.15, 0.2) is 0 Å². The van der Waals surface area contributed by atoms with Crippen molar-refractivity contribution in [2.24, 2.45) is 0 Å². The molecule has 2 nitrogen and oxygen atoms in total. The molecular formula is C13H26BrNO. The van der Waals surface area contributed by atoms with E-state index in [1.807, 2.05) is 0 Å². The zero-order valence-corrected chi connectivity index (χ0v) is 12.8. The van der Waals surface area contributed by atoms with Crippen LogP contribution in [-0.2, 0) is 4.74 Å². The number of halogens is 1. The molecule has 0 aromatic rings. The molecule has 0 spiro atoms. The number of hydrogen-bond donors (Lipinski definition) is 0. The summed E-state index contributed by atoms with van der Waals surface area (Å²) in [6.45, 7) is 12.1. The lowest BCUT2D eigenvalue weighted by Crippen LogP contribution is -2.57. The highest BCUT2D eigenvalue weighted by atomic mass is 79.9. The summed E-state index contributed by atoms with van der Waals surface area (Å²) in [5, 5.41) is 1.13. The van der Waals surface area contributed by atoms with Crippen LogP contribution in [0.3, 0.4) is 0 Å². The topological polar surface area (TPSA) is 12.5 Å². The molecule has 0 radical (unpaired) electrons.